The van der Waals surface area contributed by atoms with E-state index in [1.807, 2.05) is 0 Å². The van der Waals surface area contributed by atoms with Crippen LogP contribution in [0.5, 0.6) is 0 Å². The van der Waals surface area contributed by atoms with Crippen LogP contribution in [0, 0.1) is 10.8 Å². The Hall–Kier alpha value is 0.0200. The van der Waals surface area contributed by atoms with Crippen molar-refractivity contribution in [1.82, 2.24) is 0 Å². The van der Waals surface area contributed by atoms with Gasteiger partial charge in [-0.1, -0.05) is 27.7 Å². The molecule has 0 spiro atoms. The van der Waals surface area contributed by atoms with Gasteiger partial charge in [0, 0.05) is 45.3 Å². The second-order valence-corrected chi connectivity index (χ2v) is 14.2. The Kier molecular flexibility index (Phi) is 10.3. The van der Waals surface area contributed by atoms with Gasteiger partial charge in [-0.25, -0.2) is 0 Å². The Balaban J connectivity index is 1.69. The summed E-state index contributed by atoms with van der Waals surface area (Å²) in [5.74, 6) is 0. The number of aliphatic hydroxyl groups excluding tert-OH is 2. The van der Waals surface area contributed by atoms with Crippen molar-refractivity contribution in [3.8, 4) is 0 Å². The molecule has 4 nitrogen and oxygen atoms in total. The Morgan fingerprint density at radius 3 is 1.80 bits per heavy atom. The topological polar surface area (TPSA) is 86.6 Å². The first-order valence-corrected chi connectivity index (χ1v) is 13.9. The average Bonchev–Trinajstić information content (AvgIpc) is 3.23. The zero-order valence-electron chi connectivity index (χ0n) is 19.3. The molecule has 0 bridgehead atoms. The monoisotopic (exact) mass is 458 g/mol. The van der Waals surface area contributed by atoms with E-state index in [1.165, 1.54) is 0 Å². The molecule has 0 aromatic rings. The number of hydrogen-bond acceptors (Lipinski definition) is 4. The SMILES string of the molecule is CC(C)(CO)CCCC1=CCC(CCC2=CCC(CCCC(C)(C)CO)[S+]2[O-])[S+]1[O-]. The van der Waals surface area contributed by atoms with Gasteiger partial charge >= 0.3 is 0 Å². The summed E-state index contributed by atoms with van der Waals surface area (Å²) in [6.45, 7) is 8.64. The first-order valence-electron chi connectivity index (χ1n) is 11.5. The normalized spacial score (nSPS) is 27.5. The van der Waals surface area contributed by atoms with Crippen molar-refractivity contribution in [1.29, 1.82) is 0 Å². The highest BCUT2D eigenvalue weighted by atomic mass is 32.2. The van der Waals surface area contributed by atoms with E-state index in [0.29, 0.717) is 0 Å². The summed E-state index contributed by atoms with van der Waals surface area (Å²) in [6.07, 6.45) is 13.3. The lowest BCUT2D eigenvalue weighted by Gasteiger charge is -2.23. The minimum absolute atomic E-state index is 0.0541. The largest absolute Gasteiger partial charge is 0.611 e. The Labute approximate surface area is 190 Å². The molecule has 2 rings (SSSR count). The molecule has 0 saturated heterocycles. The second kappa shape index (κ2) is 11.8. The van der Waals surface area contributed by atoms with E-state index in [-0.39, 0.29) is 34.5 Å². The van der Waals surface area contributed by atoms with Crippen molar-refractivity contribution in [2.75, 3.05) is 13.2 Å². The van der Waals surface area contributed by atoms with Crippen molar-refractivity contribution < 1.29 is 19.3 Å². The molecule has 0 radical (unpaired) electrons. The molecule has 0 saturated carbocycles. The van der Waals surface area contributed by atoms with Crippen LogP contribution in [0.3, 0.4) is 0 Å². The smallest absolute Gasteiger partial charge is 0.126 e. The van der Waals surface area contributed by atoms with E-state index in [2.05, 4.69) is 39.8 Å². The Morgan fingerprint density at radius 2 is 1.27 bits per heavy atom. The summed E-state index contributed by atoms with van der Waals surface area (Å²) in [4.78, 5) is 2.12. The quantitative estimate of drug-likeness (QED) is 0.382. The molecule has 174 valence electrons. The van der Waals surface area contributed by atoms with E-state index in [4.69, 9.17) is 0 Å². The van der Waals surface area contributed by atoms with Crippen molar-refractivity contribution in [3.63, 3.8) is 0 Å². The molecule has 0 fully saturated rings. The molecule has 0 aromatic heterocycles. The van der Waals surface area contributed by atoms with Gasteiger partial charge in [0.15, 0.2) is 0 Å². The van der Waals surface area contributed by atoms with Gasteiger partial charge in [0.25, 0.3) is 0 Å². The van der Waals surface area contributed by atoms with Crippen LogP contribution in [-0.2, 0) is 22.4 Å². The zero-order chi connectivity index (χ0) is 22.4. The molecule has 2 aliphatic heterocycles. The highest BCUT2D eigenvalue weighted by molar-refractivity contribution is 7.96. The molecule has 0 amide bonds. The zero-order valence-corrected chi connectivity index (χ0v) is 21.0. The molecule has 6 heteroatoms. The predicted molar refractivity (Wildman–Crippen MR) is 128 cm³/mol. The Morgan fingerprint density at radius 1 is 0.800 bits per heavy atom. The minimum atomic E-state index is -0.916. The highest BCUT2D eigenvalue weighted by Gasteiger charge is 2.36. The van der Waals surface area contributed by atoms with Gasteiger partial charge in [-0.2, -0.15) is 0 Å². The van der Waals surface area contributed by atoms with Crippen molar-refractivity contribution in [2.45, 2.75) is 102 Å². The lowest BCUT2D eigenvalue weighted by atomic mass is 9.88. The Bertz CT molecular complexity index is 600. The first-order chi connectivity index (χ1) is 14.1. The van der Waals surface area contributed by atoms with Gasteiger partial charge in [-0.15, -0.1) is 0 Å². The molecule has 30 heavy (non-hydrogen) atoms. The maximum atomic E-state index is 12.8. The van der Waals surface area contributed by atoms with Crippen LogP contribution in [0.15, 0.2) is 22.0 Å². The van der Waals surface area contributed by atoms with Gasteiger partial charge in [0.2, 0.25) is 0 Å². The fraction of sp³-hybridized carbons (Fsp3) is 0.833. The van der Waals surface area contributed by atoms with Crippen LogP contribution in [-0.4, -0.2) is 43.0 Å². The van der Waals surface area contributed by atoms with Crippen LogP contribution in [0.4, 0.5) is 0 Å². The summed E-state index contributed by atoms with van der Waals surface area (Å²) in [5, 5.41) is 19.1. The van der Waals surface area contributed by atoms with E-state index in [1.54, 1.807) is 0 Å². The van der Waals surface area contributed by atoms with Gasteiger partial charge in [-0.3, -0.25) is 0 Å². The van der Waals surface area contributed by atoms with Gasteiger partial charge in [0.1, 0.15) is 20.3 Å². The van der Waals surface area contributed by atoms with Crippen LogP contribution in [0.1, 0.15) is 91.9 Å². The van der Waals surface area contributed by atoms with Crippen molar-refractivity contribution in [3.05, 3.63) is 22.0 Å². The molecular weight excluding hydrogens is 416 g/mol. The predicted octanol–water partition coefficient (Wildman–Crippen LogP) is 4.95. The minimum Gasteiger partial charge on any atom is -0.611 e. The number of aliphatic hydroxyl groups is 2. The lowest BCUT2D eigenvalue weighted by molar-refractivity contribution is 0.147. The van der Waals surface area contributed by atoms with Gasteiger partial charge in [-0.05, 0) is 77.4 Å². The molecular formula is C24H42O4S2. The standard InChI is InChI=1S/C24H42O4S2/c1-23(2,17-25)15-5-7-19-9-11-21(29(19)27)13-14-22-12-10-20(30(22)28)8-6-16-24(3,4)18-26/h9,12,20-21,25-26H,5-8,10-11,13-18H2,1-4H3. The number of hydrogen-bond donors (Lipinski definition) is 2. The maximum absolute atomic E-state index is 12.8. The molecule has 4 unspecified atom stereocenters. The fourth-order valence-electron chi connectivity index (χ4n) is 4.16. The summed E-state index contributed by atoms with van der Waals surface area (Å²) in [5.41, 5.74) is -0.120. The lowest BCUT2D eigenvalue weighted by Crippen LogP contribution is -2.22. The molecule has 2 heterocycles. The fourth-order valence-corrected chi connectivity index (χ4v) is 7.46. The van der Waals surface area contributed by atoms with Crippen LogP contribution < -0.4 is 0 Å². The van der Waals surface area contributed by atoms with E-state index in [9.17, 15) is 19.3 Å². The van der Waals surface area contributed by atoms with Gasteiger partial charge in [0.05, 0.1) is 0 Å². The average molecular weight is 459 g/mol. The summed E-state index contributed by atoms with van der Waals surface area (Å²) in [7, 11) is 0. The third-order valence-corrected chi connectivity index (χ3v) is 10.4. The van der Waals surface area contributed by atoms with Crippen molar-refractivity contribution >= 4 is 22.4 Å². The van der Waals surface area contributed by atoms with E-state index >= 15 is 0 Å². The summed E-state index contributed by atoms with van der Waals surface area (Å²) in [6, 6.07) is 0. The van der Waals surface area contributed by atoms with Gasteiger partial charge < -0.3 is 19.3 Å². The second-order valence-electron chi connectivity index (χ2n) is 10.6. The maximum Gasteiger partial charge on any atom is 0.126 e. The molecule has 2 N–H and O–H groups in total. The van der Waals surface area contributed by atoms with Crippen LogP contribution in [0.25, 0.3) is 0 Å². The molecule has 2 aliphatic rings. The summed E-state index contributed by atoms with van der Waals surface area (Å²) >= 11 is -1.82. The highest BCUT2D eigenvalue weighted by Crippen LogP contribution is 2.37. The first kappa shape index (κ1) is 26.3. The third-order valence-electron chi connectivity index (χ3n) is 6.56. The van der Waals surface area contributed by atoms with Crippen LogP contribution in [0.2, 0.25) is 0 Å². The van der Waals surface area contributed by atoms with E-state index < -0.39 is 22.4 Å². The van der Waals surface area contributed by atoms with Crippen molar-refractivity contribution in [2.24, 2.45) is 10.8 Å². The molecule has 0 aliphatic carbocycles. The number of allylic oxidation sites excluding steroid dienone is 4. The third kappa shape index (κ3) is 7.86. The molecule has 0 aromatic carbocycles. The van der Waals surface area contributed by atoms with Crippen LogP contribution >= 0.6 is 0 Å². The van der Waals surface area contributed by atoms with E-state index in [0.717, 1.165) is 74.0 Å². The summed E-state index contributed by atoms with van der Waals surface area (Å²) < 4.78 is 25.7. The number of rotatable bonds is 13. The molecule has 4 atom stereocenters.